The lowest BCUT2D eigenvalue weighted by Gasteiger charge is -2.23. The molecule has 0 amide bonds. The molecule has 0 aliphatic carbocycles. The second-order valence-corrected chi connectivity index (χ2v) is 13.2. The van der Waals surface area contributed by atoms with E-state index in [0.29, 0.717) is 0 Å². The Labute approximate surface area is 251 Å². The number of anilines is 3. The topological polar surface area (TPSA) is 33.5 Å². The summed E-state index contributed by atoms with van der Waals surface area (Å²) in [5.74, 6) is 0.942. The van der Waals surface area contributed by atoms with Gasteiger partial charge in [0.15, 0.2) is 0 Å². The van der Waals surface area contributed by atoms with Gasteiger partial charge in [0.2, 0.25) is 0 Å². The van der Waals surface area contributed by atoms with Gasteiger partial charge in [-0.25, -0.2) is 10.0 Å². The van der Waals surface area contributed by atoms with E-state index in [1.807, 2.05) is 16.3 Å². The van der Waals surface area contributed by atoms with Gasteiger partial charge in [0, 0.05) is 26.8 Å². The van der Waals surface area contributed by atoms with Crippen molar-refractivity contribution < 1.29 is 4.94 Å². The van der Waals surface area contributed by atoms with Gasteiger partial charge in [0.05, 0.1) is 34.1 Å². The highest BCUT2D eigenvalue weighted by atomic mass is 32.2. The number of fused-ring (bicyclic) bond motifs is 4. The Morgan fingerprint density at radius 2 is 1.45 bits per heavy atom. The summed E-state index contributed by atoms with van der Waals surface area (Å²) in [7, 11) is 0. The maximum absolute atomic E-state index is 6.32. The molecule has 3 heterocycles. The van der Waals surface area contributed by atoms with Gasteiger partial charge >= 0.3 is 0 Å². The van der Waals surface area contributed by atoms with Crippen LogP contribution in [0.5, 0.6) is 0 Å². The predicted octanol–water partition coefficient (Wildman–Crippen LogP) is 9.84. The third kappa shape index (κ3) is 4.61. The highest BCUT2D eigenvalue weighted by Crippen LogP contribution is 2.44. The van der Waals surface area contributed by atoms with Gasteiger partial charge < -0.3 is 0 Å². The van der Waals surface area contributed by atoms with E-state index in [4.69, 9.17) is 9.92 Å². The fourth-order valence-corrected chi connectivity index (χ4v) is 6.54. The maximum Gasteiger partial charge on any atom is 0.137 e. The number of pyridine rings is 1. The zero-order valence-electron chi connectivity index (χ0n) is 24.6. The number of hydrogen-bond acceptors (Lipinski definition) is 5. The largest absolute Gasteiger partial charge is 0.294 e. The van der Waals surface area contributed by atoms with Crippen LogP contribution in [0, 0.1) is 0 Å². The molecule has 1 aliphatic heterocycles. The summed E-state index contributed by atoms with van der Waals surface area (Å²) in [6.45, 7) is 11.0. The molecule has 6 heteroatoms. The van der Waals surface area contributed by atoms with Crippen LogP contribution >= 0.6 is 11.8 Å². The van der Waals surface area contributed by atoms with Gasteiger partial charge in [-0.3, -0.25) is 4.57 Å². The smallest absolute Gasteiger partial charge is 0.137 e. The van der Waals surface area contributed by atoms with Crippen LogP contribution in [-0.4, -0.2) is 15.6 Å². The van der Waals surface area contributed by atoms with Gasteiger partial charge in [-0.05, 0) is 85.5 Å². The molecule has 0 spiro atoms. The van der Waals surface area contributed by atoms with Gasteiger partial charge in [0.1, 0.15) is 5.82 Å². The van der Waals surface area contributed by atoms with Crippen LogP contribution in [0.25, 0.3) is 27.6 Å². The molecule has 0 unspecified atom stereocenters. The minimum absolute atomic E-state index is 0.0360. The SMILES string of the molecule is CC(C)N1ON(c2cccc(Sc3ccc4c5ccccc5n(-c5cc(C(C)(C)C)ccn5)c4c3)c2)c2ccccc21. The first kappa shape index (κ1) is 26.6. The molecule has 5 nitrogen and oxygen atoms in total. The van der Waals surface area contributed by atoms with Crippen LogP contribution in [-0.2, 0) is 10.4 Å². The molecular formula is C36H34N4OS. The number of para-hydroxylation sites is 3. The summed E-state index contributed by atoms with van der Waals surface area (Å²) < 4.78 is 2.30. The molecule has 0 bridgehead atoms. The molecule has 210 valence electrons. The number of hydrogen-bond donors (Lipinski definition) is 0. The molecule has 0 fully saturated rings. The number of hydroxylamine groups is 1. The van der Waals surface area contributed by atoms with Crippen molar-refractivity contribution >= 4 is 50.6 Å². The first-order valence-corrected chi connectivity index (χ1v) is 15.2. The Morgan fingerprint density at radius 1 is 0.714 bits per heavy atom. The number of aromatic nitrogens is 2. The van der Waals surface area contributed by atoms with E-state index < -0.39 is 0 Å². The van der Waals surface area contributed by atoms with Crippen molar-refractivity contribution in [1.82, 2.24) is 9.55 Å². The minimum Gasteiger partial charge on any atom is -0.294 e. The van der Waals surface area contributed by atoms with Crippen molar-refractivity contribution in [2.24, 2.45) is 0 Å². The van der Waals surface area contributed by atoms with E-state index in [0.717, 1.165) is 38.8 Å². The molecular weight excluding hydrogens is 536 g/mol. The summed E-state index contributed by atoms with van der Waals surface area (Å²) >= 11 is 1.76. The molecule has 2 aromatic heterocycles. The lowest BCUT2D eigenvalue weighted by atomic mass is 9.88. The third-order valence-corrected chi connectivity index (χ3v) is 8.73. The predicted molar refractivity (Wildman–Crippen MR) is 175 cm³/mol. The molecule has 0 radical (unpaired) electrons. The standard InChI is InChI=1S/C36H34N4OS/c1-24(2)39-32-15-8-9-16-33(32)40(41-39)26-11-10-12-27(22-26)42-28-17-18-30-29-13-6-7-14-31(29)38(34(30)23-28)35-21-25(19-20-37-35)36(3,4)5/h6-24H,1-5H3. The molecule has 6 aromatic rings. The first-order valence-electron chi connectivity index (χ1n) is 14.4. The van der Waals surface area contributed by atoms with E-state index in [-0.39, 0.29) is 11.5 Å². The Balaban J connectivity index is 1.28. The van der Waals surface area contributed by atoms with E-state index in [1.54, 1.807) is 11.8 Å². The monoisotopic (exact) mass is 570 g/mol. The van der Waals surface area contributed by atoms with Gasteiger partial charge in [-0.1, -0.05) is 75.0 Å². The van der Waals surface area contributed by atoms with Crippen LogP contribution in [0.4, 0.5) is 17.1 Å². The van der Waals surface area contributed by atoms with E-state index in [1.165, 1.54) is 21.2 Å². The van der Waals surface area contributed by atoms with Crippen LogP contribution in [0.1, 0.15) is 40.2 Å². The van der Waals surface area contributed by atoms with E-state index in [2.05, 4.69) is 142 Å². The zero-order valence-corrected chi connectivity index (χ0v) is 25.4. The average molecular weight is 571 g/mol. The lowest BCUT2D eigenvalue weighted by Crippen LogP contribution is -2.30. The van der Waals surface area contributed by atoms with Crippen LogP contribution < -0.4 is 10.1 Å². The summed E-state index contributed by atoms with van der Waals surface area (Å²) in [6.07, 6.45) is 1.93. The minimum atomic E-state index is 0.0360. The highest BCUT2D eigenvalue weighted by molar-refractivity contribution is 7.99. The summed E-state index contributed by atoms with van der Waals surface area (Å²) in [4.78, 5) is 13.5. The van der Waals surface area contributed by atoms with Gasteiger partial charge in [-0.2, -0.15) is 5.06 Å². The molecule has 0 N–H and O–H groups in total. The number of rotatable bonds is 5. The molecule has 1 aliphatic rings. The van der Waals surface area contributed by atoms with Crippen molar-refractivity contribution in [1.29, 1.82) is 0 Å². The molecule has 4 aromatic carbocycles. The van der Waals surface area contributed by atoms with E-state index >= 15 is 0 Å². The third-order valence-electron chi connectivity index (χ3n) is 7.75. The highest BCUT2D eigenvalue weighted by Gasteiger charge is 2.30. The van der Waals surface area contributed by atoms with Gasteiger partial charge in [-0.15, -0.1) is 4.94 Å². The molecule has 0 saturated heterocycles. The van der Waals surface area contributed by atoms with Crippen molar-refractivity contribution in [3.8, 4) is 5.82 Å². The quantitative estimate of drug-likeness (QED) is 0.206. The maximum atomic E-state index is 6.32. The summed E-state index contributed by atoms with van der Waals surface area (Å²) in [5.41, 5.74) is 6.73. The molecule has 42 heavy (non-hydrogen) atoms. The van der Waals surface area contributed by atoms with Crippen LogP contribution in [0.15, 0.2) is 119 Å². The summed E-state index contributed by atoms with van der Waals surface area (Å²) in [6, 6.07) is 36.8. The van der Waals surface area contributed by atoms with Crippen molar-refractivity contribution in [2.45, 2.75) is 55.9 Å². The second kappa shape index (κ2) is 10.2. The van der Waals surface area contributed by atoms with Crippen molar-refractivity contribution in [2.75, 3.05) is 10.1 Å². The zero-order chi connectivity index (χ0) is 29.0. The fraction of sp³-hybridized carbons (Fsp3) is 0.194. The molecule has 0 saturated carbocycles. The molecule has 0 atom stereocenters. The Bertz CT molecular complexity index is 1940. The average Bonchev–Trinajstić information content (AvgIpc) is 3.53. The lowest BCUT2D eigenvalue weighted by molar-refractivity contribution is 0.112. The Morgan fingerprint density at radius 3 is 2.26 bits per heavy atom. The van der Waals surface area contributed by atoms with E-state index in [9.17, 15) is 0 Å². The number of nitrogens with zero attached hydrogens (tertiary/aromatic N) is 4. The fourth-order valence-electron chi connectivity index (χ4n) is 5.63. The summed E-state index contributed by atoms with van der Waals surface area (Å²) in [5, 5.41) is 6.34. The first-order chi connectivity index (χ1) is 20.3. The Hall–Kier alpha value is -4.26. The van der Waals surface area contributed by atoms with Crippen molar-refractivity contribution in [3.63, 3.8) is 0 Å². The van der Waals surface area contributed by atoms with Gasteiger partial charge in [0.25, 0.3) is 0 Å². The number of benzene rings is 4. The van der Waals surface area contributed by atoms with Crippen LogP contribution in [0.2, 0.25) is 0 Å². The second-order valence-electron chi connectivity index (χ2n) is 12.1. The van der Waals surface area contributed by atoms with Crippen LogP contribution in [0.3, 0.4) is 0 Å². The Kier molecular flexibility index (Phi) is 6.48. The molecule has 7 rings (SSSR count). The van der Waals surface area contributed by atoms with Crippen molar-refractivity contribution in [3.05, 3.63) is 115 Å². The normalized spacial score (nSPS) is 13.5.